The van der Waals surface area contributed by atoms with Gasteiger partial charge in [0.1, 0.15) is 5.82 Å². The fourth-order valence-corrected chi connectivity index (χ4v) is 1.90. The zero-order chi connectivity index (χ0) is 12.3. The maximum atomic E-state index is 5.97. The number of nitrogens with one attached hydrogen (secondary N) is 1. The molecule has 0 amide bonds. The highest BCUT2D eigenvalue weighted by Crippen LogP contribution is 2.17. The molecule has 17 heavy (non-hydrogen) atoms. The minimum absolute atomic E-state index is 0.255. The Balaban J connectivity index is 1.98. The Bertz CT molecular complexity index is 493. The van der Waals surface area contributed by atoms with Crippen molar-refractivity contribution in [2.24, 2.45) is 7.05 Å². The molecule has 0 spiro atoms. The Morgan fingerprint density at radius 3 is 2.94 bits per heavy atom. The lowest BCUT2D eigenvalue weighted by atomic mass is 10.1. The second kappa shape index (κ2) is 5.34. The van der Waals surface area contributed by atoms with Gasteiger partial charge in [-0.3, -0.25) is 0 Å². The first-order chi connectivity index (χ1) is 8.16. The van der Waals surface area contributed by atoms with Crippen molar-refractivity contribution in [2.45, 2.75) is 19.5 Å². The van der Waals surface area contributed by atoms with Gasteiger partial charge in [-0.05, 0) is 24.6 Å². The average molecular weight is 250 g/mol. The molecule has 0 saturated heterocycles. The van der Waals surface area contributed by atoms with Crippen LogP contribution in [0, 0.1) is 0 Å². The van der Waals surface area contributed by atoms with Crippen molar-refractivity contribution < 1.29 is 0 Å². The van der Waals surface area contributed by atoms with Crippen molar-refractivity contribution in [1.29, 1.82) is 0 Å². The molecular formula is C13H16ClN3. The van der Waals surface area contributed by atoms with Gasteiger partial charge in [0.2, 0.25) is 0 Å². The summed E-state index contributed by atoms with van der Waals surface area (Å²) in [5, 5.41) is 4.20. The van der Waals surface area contributed by atoms with Crippen LogP contribution in [0.1, 0.15) is 24.4 Å². The third-order valence-corrected chi connectivity index (χ3v) is 3.07. The molecule has 0 aliphatic heterocycles. The average Bonchev–Trinajstić information content (AvgIpc) is 2.72. The van der Waals surface area contributed by atoms with Crippen LogP contribution in [0.3, 0.4) is 0 Å². The van der Waals surface area contributed by atoms with Crippen LogP contribution in [-0.4, -0.2) is 9.55 Å². The van der Waals surface area contributed by atoms with Crippen LogP contribution in [0.5, 0.6) is 0 Å². The van der Waals surface area contributed by atoms with Gasteiger partial charge < -0.3 is 9.88 Å². The standard InChI is InChI=1S/C13H16ClN3/c1-10(11-4-3-5-12(14)8-11)16-9-13-15-6-7-17(13)2/h3-8,10,16H,9H2,1-2H3. The molecule has 4 heteroatoms. The monoisotopic (exact) mass is 249 g/mol. The SMILES string of the molecule is CC(NCc1nccn1C)c1cccc(Cl)c1. The summed E-state index contributed by atoms with van der Waals surface area (Å²) in [7, 11) is 1.99. The number of rotatable bonds is 4. The lowest BCUT2D eigenvalue weighted by Crippen LogP contribution is -2.20. The van der Waals surface area contributed by atoms with E-state index >= 15 is 0 Å². The molecule has 0 fully saturated rings. The fourth-order valence-electron chi connectivity index (χ4n) is 1.70. The number of hydrogen-bond acceptors (Lipinski definition) is 2. The number of hydrogen-bond donors (Lipinski definition) is 1. The summed E-state index contributed by atoms with van der Waals surface area (Å²) in [6.45, 7) is 2.87. The van der Waals surface area contributed by atoms with Crippen molar-refractivity contribution in [2.75, 3.05) is 0 Å². The third-order valence-electron chi connectivity index (χ3n) is 2.84. The largest absolute Gasteiger partial charge is 0.337 e. The number of aryl methyl sites for hydroxylation is 1. The van der Waals surface area contributed by atoms with Crippen LogP contribution in [0.4, 0.5) is 0 Å². The molecule has 3 nitrogen and oxygen atoms in total. The first-order valence-electron chi connectivity index (χ1n) is 5.62. The number of halogens is 1. The number of nitrogens with zero attached hydrogens (tertiary/aromatic N) is 2. The summed E-state index contributed by atoms with van der Waals surface area (Å²) >= 11 is 5.97. The third kappa shape index (κ3) is 3.08. The molecule has 1 aromatic carbocycles. The molecule has 0 radical (unpaired) electrons. The maximum absolute atomic E-state index is 5.97. The molecule has 0 aliphatic carbocycles. The van der Waals surface area contributed by atoms with Crippen LogP contribution in [0.25, 0.3) is 0 Å². The lowest BCUT2D eigenvalue weighted by molar-refractivity contribution is 0.549. The molecule has 0 aliphatic rings. The molecule has 1 heterocycles. The van der Waals surface area contributed by atoms with E-state index in [9.17, 15) is 0 Å². The molecule has 90 valence electrons. The van der Waals surface area contributed by atoms with E-state index < -0.39 is 0 Å². The first kappa shape index (κ1) is 12.1. The molecule has 2 rings (SSSR count). The smallest absolute Gasteiger partial charge is 0.122 e. The van der Waals surface area contributed by atoms with Crippen molar-refractivity contribution >= 4 is 11.6 Å². The van der Waals surface area contributed by atoms with E-state index in [-0.39, 0.29) is 6.04 Å². The van der Waals surface area contributed by atoms with E-state index in [0.29, 0.717) is 0 Å². The predicted octanol–water partition coefficient (Wildman–Crippen LogP) is 2.92. The van der Waals surface area contributed by atoms with E-state index in [1.165, 1.54) is 5.56 Å². The maximum Gasteiger partial charge on any atom is 0.122 e. The van der Waals surface area contributed by atoms with E-state index in [0.717, 1.165) is 17.4 Å². The van der Waals surface area contributed by atoms with Gasteiger partial charge >= 0.3 is 0 Å². The van der Waals surface area contributed by atoms with Crippen molar-refractivity contribution in [3.8, 4) is 0 Å². The van der Waals surface area contributed by atoms with Gasteiger partial charge in [-0.2, -0.15) is 0 Å². The molecule has 1 unspecified atom stereocenters. The summed E-state index contributed by atoms with van der Waals surface area (Å²) in [5.74, 6) is 1.03. The van der Waals surface area contributed by atoms with Crippen LogP contribution in [0.2, 0.25) is 5.02 Å². The number of aromatic nitrogens is 2. The zero-order valence-corrected chi connectivity index (χ0v) is 10.8. The van der Waals surface area contributed by atoms with Crippen LogP contribution >= 0.6 is 11.6 Å². The van der Waals surface area contributed by atoms with Gasteiger partial charge in [-0.25, -0.2) is 4.98 Å². The fraction of sp³-hybridized carbons (Fsp3) is 0.308. The first-order valence-corrected chi connectivity index (χ1v) is 5.99. The summed E-state index contributed by atoms with van der Waals surface area (Å²) < 4.78 is 2.01. The normalized spacial score (nSPS) is 12.6. The molecular weight excluding hydrogens is 234 g/mol. The molecule has 2 aromatic rings. The topological polar surface area (TPSA) is 29.9 Å². The van der Waals surface area contributed by atoms with Gasteiger partial charge in [-0.1, -0.05) is 23.7 Å². The summed E-state index contributed by atoms with van der Waals surface area (Å²) in [4.78, 5) is 4.27. The Kier molecular flexibility index (Phi) is 3.82. The Labute approximate surface area is 106 Å². The van der Waals surface area contributed by atoms with Gasteiger partial charge in [0.05, 0.1) is 6.54 Å². The molecule has 0 bridgehead atoms. The van der Waals surface area contributed by atoms with E-state index in [1.54, 1.807) is 6.20 Å². The highest BCUT2D eigenvalue weighted by Gasteiger charge is 2.06. The van der Waals surface area contributed by atoms with Crippen molar-refractivity contribution in [3.05, 3.63) is 53.1 Å². The number of imidazole rings is 1. The van der Waals surface area contributed by atoms with Crippen LogP contribution in [0.15, 0.2) is 36.7 Å². The van der Waals surface area contributed by atoms with Crippen LogP contribution in [-0.2, 0) is 13.6 Å². The van der Waals surface area contributed by atoms with E-state index in [4.69, 9.17) is 11.6 Å². The Morgan fingerprint density at radius 2 is 2.29 bits per heavy atom. The minimum atomic E-state index is 0.255. The minimum Gasteiger partial charge on any atom is -0.337 e. The second-order valence-electron chi connectivity index (χ2n) is 4.11. The van der Waals surface area contributed by atoms with Gasteiger partial charge in [0.25, 0.3) is 0 Å². The van der Waals surface area contributed by atoms with Gasteiger partial charge in [-0.15, -0.1) is 0 Å². The Hall–Kier alpha value is -1.32. The molecule has 0 saturated carbocycles. The quantitative estimate of drug-likeness (QED) is 0.903. The second-order valence-corrected chi connectivity index (χ2v) is 4.55. The van der Waals surface area contributed by atoms with Crippen molar-refractivity contribution in [1.82, 2.24) is 14.9 Å². The van der Waals surface area contributed by atoms with Gasteiger partial charge in [0.15, 0.2) is 0 Å². The summed E-state index contributed by atoms with van der Waals surface area (Å²) in [6, 6.07) is 8.16. The molecule has 1 N–H and O–H groups in total. The highest BCUT2D eigenvalue weighted by atomic mass is 35.5. The number of benzene rings is 1. The predicted molar refractivity (Wildman–Crippen MR) is 69.9 cm³/mol. The molecule has 1 atom stereocenters. The molecule has 1 aromatic heterocycles. The van der Waals surface area contributed by atoms with E-state index in [2.05, 4.69) is 23.3 Å². The lowest BCUT2D eigenvalue weighted by Gasteiger charge is -2.14. The Morgan fingerprint density at radius 1 is 1.47 bits per heavy atom. The van der Waals surface area contributed by atoms with Crippen LogP contribution < -0.4 is 5.32 Å². The highest BCUT2D eigenvalue weighted by molar-refractivity contribution is 6.30. The zero-order valence-electron chi connectivity index (χ0n) is 10.0. The summed E-state index contributed by atoms with van der Waals surface area (Å²) in [5.41, 5.74) is 1.19. The summed E-state index contributed by atoms with van der Waals surface area (Å²) in [6.07, 6.45) is 3.75. The van der Waals surface area contributed by atoms with E-state index in [1.807, 2.05) is 36.0 Å². The van der Waals surface area contributed by atoms with Gasteiger partial charge in [0, 0.05) is 30.5 Å². The van der Waals surface area contributed by atoms with Crippen molar-refractivity contribution in [3.63, 3.8) is 0 Å².